The summed E-state index contributed by atoms with van der Waals surface area (Å²) in [5.41, 5.74) is 5.27. The molecule has 0 aliphatic rings. The van der Waals surface area contributed by atoms with Gasteiger partial charge in [-0.25, -0.2) is 13.2 Å². The predicted octanol–water partition coefficient (Wildman–Crippen LogP) is 1.46. The maximum Gasteiger partial charge on any atom is 0.289 e. The Balaban J connectivity index is 3.05. The largest absolute Gasteiger partial charge is 0.494 e. The first kappa shape index (κ1) is 12.8. The Morgan fingerprint density at radius 2 is 2.12 bits per heavy atom. The van der Waals surface area contributed by atoms with E-state index in [1.54, 1.807) is 0 Å². The SMILES string of the molecule is COc1cc([C@H](N)C(F)(F)CO)ccc1F. The van der Waals surface area contributed by atoms with E-state index < -0.39 is 24.4 Å². The van der Waals surface area contributed by atoms with Gasteiger partial charge >= 0.3 is 0 Å². The molecular weight excluding hydrogens is 223 g/mol. The third-order valence-electron chi connectivity index (χ3n) is 2.20. The number of rotatable bonds is 4. The number of hydrogen-bond acceptors (Lipinski definition) is 3. The van der Waals surface area contributed by atoms with E-state index in [2.05, 4.69) is 4.74 Å². The van der Waals surface area contributed by atoms with Crippen molar-refractivity contribution in [3.05, 3.63) is 29.6 Å². The first-order valence-electron chi connectivity index (χ1n) is 4.50. The summed E-state index contributed by atoms with van der Waals surface area (Å²) in [6, 6.07) is 1.50. The maximum atomic E-state index is 13.1. The molecule has 1 rings (SSSR count). The molecule has 0 fully saturated rings. The van der Waals surface area contributed by atoms with E-state index in [-0.39, 0.29) is 11.3 Å². The Labute approximate surface area is 90.6 Å². The van der Waals surface area contributed by atoms with Crippen molar-refractivity contribution < 1.29 is 23.0 Å². The lowest BCUT2D eigenvalue weighted by Crippen LogP contribution is -2.36. The Bertz CT molecular complexity index is 371. The molecular formula is C10H12F3NO2. The molecule has 0 aliphatic carbocycles. The van der Waals surface area contributed by atoms with E-state index in [0.717, 1.165) is 18.2 Å². The van der Waals surface area contributed by atoms with Gasteiger partial charge in [0.1, 0.15) is 6.61 Å². The minimum atomic E-state index is -3.46. The Morgan fingerprint density at radius 3 is 2.62 bits per heavy atom. The van der Waals surface area contributed by atoms with Gasteiger partial charge in [-0.05, 0) is 17.7 Å². The lowest BCUT2D eigenvalue weighted by atomic mass is 10.0. The highest BCUT2D eigenvalue weighted by molar-refractivity contribution is 5.32. The zero-order chi connectivity index (χ0) is 12.3. The van der Waals surface area contributed by atoms with Gasteiger partial charge in [-0.15, -0.1) is 0 Å². The predicted molar refractivity (Wildman–Crippen MR) is 51.9 cm³/mol. The summed E-state index contributed by atoms with van der Waals surface area (Å²) in [6.45, 7) is -1.37. The van der Waals surface area contributed by atoms with Crippen LogP contribution in [0.4, 0.5) is 13.2 Å². The summed E-state index contributed by atoms with van der Waals surface area (Å²) in [5, 5.41) is 8.47. The normalized spacial score (nSPS) is 13.6. The van der Waals surface area contributed by atoms with Gasteiger partial charge < -0.3 is 15.6 Å². The van der Waals surface area contributed by atoms with Gasteiger partial charge in [-0.1, -0.05) is 6.07 Å². The molecule has 16 heavy (non-hydrogen) atoms. The van der Waals surface area contributed by atoms with Crippen LogP contribution in [0.15, 0.2) is 18.2 Å². The lowest BCUT2D eigenvalue weighted by Gasteiger charge is -2.22. The van der Waals surface area contributed by atoms with Crippen LogP contribution in [0.2, 0.25) is 0 Å². The second-order valence-electron chi connectivity index (χ2n) is 3.29. The summed E-state index contributed by atoms with van der Waals surface area (Å²) in [5.74, 6) is -4.28. The van der Waals surface area contributed by atoms with E-state index in [1.165, 1.54) is 7.11 Å². The maximum absolute atomic E-state index is 13.1. The fourth-order valence-corrected chi connectivity index (χ4v) is 1.21. The zero-order valence-corrected chi connectivity index (χ0v) is 8.58. The number of alkyl halides is 2. The minimum absolute atomic E-state index is 0.00250. The number of halogens is 3. The van der Waals surface area contributed by atoms with E-state index in [4.69, 9.17) is 10.8 Å². The topological polar surface area (TPSA) is 55.5 Å². The number of ether oxygens (including phenoxy) is 1. The van der Waals surface area contributed by atoms with Crippen LogP contribution in [-0.2, 0) is 0 Å². The van der Waals surface area contributed by atoms with Crippen LogP contribution in [-0.4, -0.2) is 24.7 Å². The van der Waals surface area contributed by atoms with E-state index in [1.807, 2.05) is 0 Å². The third kappa shape index (κ3) is 2.45. The van der Waals surface area contributed by atoms with Crippen molar-refractivity contribution in [2.45, 2.75) is 12.0 Å². The molecule has 6 heteroatoms. The van der Waals surface area contributed by atoms with Gasteiger partial charge in [-0.3, -0.25) is 0 Å². The van der Waals surface area contributed by atoms with Gasteiger partial charge in [0.05, 0.1) is 13.2 Å². The summed E-state index contributed by atoms with van der Waals surface area (Å²) in [7, 11) is 1.22. The van der Waals surface area contributed by atoms with Crippen molar-refractivity contribution in [2.24, 2.45) is 5.73 Å². The number of methoxy groups -OCH3 is 1. The molecule has 0 amide bonds. The molecule has 0 saturated carbocycles. The second-order valence-corrected chi connectivity index (χ2v) is 3.29. The molecule has 3 nitrogen and oxygen atoms in total. The fourth-order valence-electron chi connectivity index (χ4n) is 1.21. The Morgan fingerprint density at radius 1 is 1.50 bits per heavy atom. The highest BCUT2D eigenvalue weighted by atomic mass is 19.3. The van der Waals surface area contributed by atoms with Crippen molar-refractivity contribution in [1.82, 2.24) is 0 Å². The molecule has 90 valence electrons. The smallest absolute Gasteiger partial charge is 0.289 e. The zero-order valence-electron chi connectivity index (χ0n) is 8.58. The number of aliphatic hydroxyl groups is 1. The highest BCUT2D eigenvalue weighted by Crippen LogP contribution is 2.31. The first-order valence-corrected chi connectivity index (χ1v) is 4.50. The highest BCUT2D eigenvalue weighted by Gasteiger charge is 2.37. The van der Waals surface area contributed by atoms with Gasteiger partial charge in [0.15, 0.2) is 11.6 Å². The van der Waals surface area contributed by atoms with Gasteiger partial charge in [0, 0.05) is 0 Å². The monoisotopic (exact) mass is 235 g/mol. The number of hydrogen-bond donors (Lipinski definition) is 2. The molecule has 1 aromatic rings. The molecule has 0 bridgehead atoms. The standard InChI is InChI=1S/C10H12F3NO2/c1-16-8-4-6(2-3-7(8)11)9(14)10(12,13)5-15/h2-4,9,15H,5,14H2,1H3/t9-/m0/s1. The molecule has 0 heterocycles. The van der Waals surface area contributed by atoms with Gasteiger partial charge in [-0.2, -0.15) is 0 Å². The molecule has 0 radical (unpaired) electrons. The van der Waals surface area contributed by atoms with Gasteiger partial charge in [0.25, 0.3) is 5.92 Å². The van der Waals surface area contributed by atoms with Crippen LogP contribution in [0.25, 0.3) is 0 Å². The van der Waals surface area contributed by atoms with Crippen LogP contribution in [0.1, 0.15) is 11.6 Å². The van der Waals surface area contributed by atoms with E-state index >= 15 is 0 Å². The Hall–Kier alpha value is -1.27. The third-order valence-corrected chi connectivity index (χ3v) is 2.20. The molecule has 0 unspecified atom stereocenters. The van der Waals surface area contributed by atoms with Crippen molar-refractivity contribution in [3.8, 4) is 5.75 Å². The average Bonchev–Trinajstić information content (AvgIpc) is 2.28. The summed E-state index contributed by atoms with van der Waals surface area (Å²) < 4.78 is 43.8. The second kappa shape index (κ2) is 4.71. The van der Waals surface area contributed by atoms with Crippen LogP contribution in [0.3, 0.4) is 0 Å². The van der Waals surface area contributed by atoms with E-state index in [0.29, 0.717) is 0 Å². The summed E-state index contributed by atoms with van der Waals surface area (Å²) in [4.78, 5) is 0. The fraction of sp³-hybridized carbons (Fsp3) is 0.400. The Kier molecular flexibility index (Phi) is 3.77. The molecule has 0 saturated heterocycles. The van der Waals surface area contributed by atoms with Crippen molar-refractivity contribution in [3.63, 3.8) is 0 Å². The van der Waals surface area contributed by atoms with Crippen LogP contribution in [0, 0.1) is 5.82 Å². The summed E-state index contributed by atoms with van der Waals surface area (Å²) >= 11 is 0. The average molecular weight is 235 g/mol. The number of aliphatic hydroxyl groups excluding tert-OH is 1. The van der Waals surface area contributed by atoms with Crippen LogP contribution < -0.4 is 10.5 Å². The minimum Gasteiger partial charge on any atom is -0.494 e. The van der Waals surface area contributed by atoms with Crippen LogP contribution in [0.5, 0.6) is 5.75 Å². The number of nitrogens with two attached hydrogens (primary N) is 1. The lowest BCUT2D eigenvalue weighted by molar-refractivity contribution is -0.0712. The quantitative estimate of drug-likeness (QED) is 0.830. The molecule has 1 atom stereocenters. The molecule has 0 spiro atoms. The molecule has 3 N–H and O–H groups in total. The molecule has 0 aromatic heterocycles. The van der Waals surface area contributed by atoms with Gasteiger partial charge in [0.2, 0.25) is 0 Å². The first-order chi connectivity index (χ1) is 7.42. The molecule has 0 aliphatic heterocycles. The van der Waals surface area contributed by atoms with Crippen LogP contribution >= 0.6 is 0 Å². The van der Waals surface area contributed by atoms with Crippen molar-refractivity contribution in [2.75, 3.05) is 13.7 Å². The number of benzene rings is 1. The molecule has 1 aromatic carbocycles. The van der Waals surface area contributed by atoms with E-state index in [9.17, 15) is 13.2 Å². The van der Waals surface area contributed by atoms with Crippen molar-refractivity contribution >= 4 is 0 Å². The summed E-state index contributed by atoms with van der Waals surface area (Å²) in [6.07, 6.45) is 0. The van der Waals surface area contributed by atoms with Crippen molar-refractivity contribution in [1.29, 1.82) is 0 Å².